The summed E-state index contributed by atoms with van der Waals surface area (Å²) in [5.74, 6) is 1.66. The van der Waals surface area contributed by atoms with E-state index in [1.807, 2.05) is 34.3 Å². The smallest absolute Gasteiger partial charge is 0.214 e. The van der Waals surface area contributed by atoms with Gasteiger partial charge >= 0.3 is 0 Å². The number of fused-ring (bicyclic) bond motifs is 1. The number of methoxy groups -OCH3 is 1. The topological polar surface area (TPSA) is 78.0 Å². The molecule has 7 heteroatoms. The summed E-state index contributed by atoms with van der Waals surface area (Å²) < 4.78 is 7.13. The zero-order valence-corrected chi connectivity index (χ0v) is 11.9. The number of nitrogens with zero attached hydrogens (tertiary/aromatic N) is 3. The average molecular weight is 289 g/mol. The Morgan fingerprint density at radius 3 is 3.10 bits per heavy atom. The van der Waals surface area contributed by atoms with Gasteiger partial charge in [0.25, 0.3) is 0 Å². The number of aromatic nitrogens is 3. The molecular formula is C13H15N5OS. The lowest BCUT2D eigenvalue weighted by molar-refractivity contribution is 0.414. The maximum Gasteiger partial charge on any atom is 0.214 e. The van der Waals surface area contributed by atoms with E-state index in [4.69, 9.17) is 10.5 Å². The van der Waals surface area contributed by atoms with E-state index in [0.717, 1.165) is 28.0 Å². The van der Waals surface area contributed by atoms with Crippen molar-refractivity contribution in [1.29, 1.82) is 0 Å². The van der Waals surface area contributed by atoms with E-state index in [2.05, 4.69) is 15.6 Å². The Morgan fingerprint density at radius 2 is 2.30 bits per heavy atom. The van der Waals surface area contributed by atoms with Crippen LogP contribution in [0.3, 0.4) is 0 Å². The first-order chi connectivity index (χ1) is 9.81. The lowest BCUT2D eigenvalue weighted by Crippen LogP contribution is -2.21. The van der Waals surface area contributed by atoms with Gasteiger partial charge in [0.2, 0.25) is 5.16 Å². The van der Waals surface area contributed by atoms with E-state index in [9.17, 15) is 0 Å². The van der Waals surface area contributed by atoms with Crippen LogP contribution >= 0.6 is 11.8 Å². The zero-order valence-electron chi connectivity index (χ0n) is 11.0. The van der Waals surface area contributed by atoms with Crippen molar-refractivity contribution in [1.82, 2.24) is 14.9 Å². The second-order valence-corrected chi connectivity index (χ2v) is 5.10. The predicted octanol–water partition coefficient (Wildman–Crippen LogP) is 1.44. The van der Waals surface area contributed by atoms with E-state index < -0.39 is 0 Å². The summed E-state index contributed by atoms with van der Waals surface area (Å²) in [6.07, 6.45) is 0.686. The number of ether oxygens (including phenoxy) is 1. The van der Waals surface area contributed by atoms with E-state index in [0.29, 0.717) is 13.0 Å². The van der Waals surface area contributed by atoms with Crippen LogP contribution in [0.15, 0.2) is 34.8 Å². The minimum absolute atomic E-state index is 0.544. The van der Waals surface area contributed by atoms with Crippen LogP contribution in [-0.2, 0) is 6.42 Å². The van der Waals surface area contributed by atoms with Crippen molar-refractivity contribution in [2.45, 2.75) is 11.6 Å². The van der Waals surface area contributed by atoms with Crippen molar-refractivity contribution in [2.75, 3.05) is 19.1 Å². The monoisotopic (exact) mass is 289 g/mol. The Labute approximate surface area is 121 Å². The molecule has 0 radical (unpaired) electrons. The molecule has 3 N–H and O–H groups in total. The molecule has 6 nitrogen and oxygen atoms in total. The second kappa shape index (κ2) is 5.56. The van der Waals surface area contributed by atoms with Crippen molar-refractivity contribution in [3.63, 3.8) is 0 Å². The molecule has 104 valence electrons. The van der Waals surface area contributed by atoms with Gasteiger partial charge in [-0.1, -0.05) is 23.9 Å². The maximum absolute atomic E-state index is 5.59. The molecule has 0 saturated heterocycles. The van der Waals surface area contributed by atoms with Gasteiger partial charge in [-0.15, -0.1) is 10.2 Å². The van der Waals surface area contributed by atoms with E-state index in [1.54, 1.807) is 7.11 Å². The number of hydrogen-bond acceptors (Lipinski definition) is 6. The van der Waals surface area contributed by atoms with Crippen LogP contribution in [-0.4, -0.2) is 28.5 Å². The molecule has 1 aromatic heterocycles. The molecule has 2 aromatic rings. The molecule has 1 aliphatic heterocycles. The molecule has 0 amide bonds. The van der Waals surface area contributed by atoms with Gasteiger partial charge in [-0.3, -0.25) is 5.43 Å². The Morgan fingerprint density at radius 1 is 1.40 bits per heavy atom. The highest BCUT2D eigenvalue weighted by atomic mass is 32.2. The van der Waals surface area contributed by atoms with Crippen LogP contribution < -0.4 is 15.9 Å². The summed E-state index contributed by atoms with van der Waals surface area (Å²) in [7, 11) is 1.66. The van der Waals surface area contributed by atoms with Gasteiger partial charge in [-0.05, 0) is 18.7 Å². The molecule has 1 aliphatic rings. The van der Waals surface area contributed by atoms with Crippen LogP contribution in [0.1, 0.15) is 11.4 Å². The molecule has 0 atom stereocenters. The molecule has 0 aliphatic carbocycles. The highest BCUT2D eigenvalue weighted by Crippen LogP contribution is 2.29. The SMILES string of the molecule is COc1cccc(C2=CSc3nnc(CCN)n3N2)c1. The van der Waals surface area contributed by atoms with Gasteiger partial charge in [-0.2, -0.15) is 0 Å². The molecule has 0 fully saturated rings. The summed E-state index contributed by atoms with van der Waals surface area (Å²) in [5, 5.41) is 11.1. The summed E-state index contributed by atoms with van der Waals surface area (Å²) in [6, 6.07) is 7.89. The highest BCUT2D eigenvalue weighted by molar-refractivity contribution is 8.02. The lowest BCUT2D eigenvalue weighted by Gasteiger charge is -2.19. The largest absolute Gasteiger partial charge is 0.497 e. The predicted molar refractivity (Wildman–Crippen MR) is 79.0 cm³/mol. The molecular weight excluding hydrogens is 274 g/mol. The Kier molecular flexibility index (Phi) is 3.62. The van der Waals surface area contributed by atoms with E-state index in [1.165, 1.54) is 11.8 Å². The van der Waals surface area contributed by atoms with Crippen molar-refractivity contribution >= 4 is 17.5 Å². The van der Waals surface area contributed by atoms with E-state index >= 15 is 0 Å². The van der Waals surface area contributed by atoms with Crippen LogP contribution in [0.5, 0.6) is 5.75 Å². The van der Waals surface area contributed by atoms with Gasteiger partial charge in [0.1, 0.15) is 5.75 Å². The number of rotatable bonds is 4. The fraction of sp³-hybridized carbons (Fsp3) is 0.231. The first kappa shape index (κ1) is 13.0. The van der Waals surface area contributed by atoms with Gasteiger partial charge in [-0.25, -0.2) is 4.68 Å². The number of thioether (sulfide) groups is 1. The van der Waals surface area contributed by atoms with Crippen LogP contribution in [0.4, 0.5) is 0 Å². The van der Waals surface area contributed by atoms with E-state index in [-0.39, 0.29) is 0 Å². The second-order valence-electron chi connectivity index (χ2n) is 4.27. The van der Waals surface area contributed by atoms with Crippen LogP contribution in [0, 0.1) is 0 Å². The van der Waals surface area contributed by atoms with Gasteiger partial charge < -0.3 is 10.5 Å². The lowest BCUT2D eigenvalue weighted by atomic mass is 10.2. The quantitative estimate of drug-likeness (QED) is 0.886. The van der Waals surface area contributed by atoms with Gasteiger partial charge in [0, 0.05) is 17.4 Å². The fourth-order valence-electron chi connectivity index (χ4n) is 1.96. The standard InChI is InChI=1S/C13H15N5OS/c1-19-10-4-2-3-9(7-10)11-8-20-13-16-15-12(5-6-14)18(13)17-11/h2-4,7-8,17H,5-6,14H2,1H3. The normalized spacial score (nSPS) is 13.4. The molecule has 20 heavy (non-hydrogen) atoms. The van der Waals surface area contributed by atoms with Crippen molar-refractivity contribution < 1.29 is 4.74 Å². The molecule has 0 saturated carbocycles. The number of benzene rings is 1. The highest BCUT2D eigenvalue weighted by Gasteiger charge is 2.17. The van der Waals surface area contributed by atoms with Crippen molar-refractivity contribution in [2.24, 2.45) is 5.73 Å². The third-order valence-corrected chi connectivity index (χ3v) is 3.79. The van der Waals surface area contributed by atoms with Gasteiger partial charge in [0.15, 0.2) is 5.82 Å². The third kappa shape index (κ3) is 2.37. The Bertz CT molecular complexity index is 652. The minimum atomic E-state index is 0.544. The Balaban J connectivity index is 1.89. The minimum Gasteiger partial charge on any atom is -0.497 e. The van der Waals surface area contributed by atoms with Crippen molar-refractivity contribution in [3.05, 3.63) is 41.1 Å². The average Bonchev–Trinajstić information content (AvgIpc) is 2.90. The number of nitrogens with one attached hydrogen (secondary N) is 1. The maximum atomic E-state index is 5.59. The zero-order chi connectivity index (χ0) is 13.9. The van der Waals surface area contributed by atoms with Crippen LogP contribution in [0.25, 0.3) is 5.70 Å². The fourth-order valence-corrected chi connectivity index (χ4v) is 2.72. The number of nitrogens with two attached hydrogens (primary N) is 1. The summed E-state index contributed by atoms with van der Waals surface area (Å²) in [6.45, 7) is 0.544. The van der Waals surface area contributed by atoms with Crippen molar-refractivity contribution in [3.8, 4) is 5.75 Å². The molecule has 1 aromatic carbocycles. The molecule has 0 spiro atoms. The first-order valence-electron chi connectivity index (χ1n) is 6.24. The molecule has 3 rings (SSSR count). The van der Waals surface area contributed by atoms with Gasteiger partial charge in [0.05, 0.1) is 12.8 Å². The number of hydrogen-bond donors (Lipinski definition) is 2. The molecule has 2 heterocycles. The van der Waals surface area contributed by atoms with Crippen LogP contribution in [0.2, 0.25) is 0 Å². The molecule has 0 unspecified atom stereocenters. The third-order valence-electron chi connectivity index (χ3n) is 2.96. The first-order valence-corrected chi connectivity index (χ1v) is 7.12. The molecule has 0 bridgehead atoms. The summed E-state index contributed by atoms with van der Waals surface area (Å²) in [5.41, 5.74) is 10.9. The Hall–Kier alpha value is -1.99. The summed E-state index contributed by atoms with van der Waals surface area (Å²) >= 11 is 1.53. The summed E-state index contributed by atoms with van der Waals surface area (Å²) in [4.78, 5) is 0.